The van der Waals surface area contributed by atoms with Crippen LogP contribution in [0.1, 0.15) is 25.1 Å². The van der Waals surface area contributed by atoms with Crippen LogP contribution in [0.15, 0.2) is 24.3 Å². The Labute approximate surface area is 108 Å². The topological polar surface area (TPSA) is 37.2 Å². The number of aryl methyl sites for hydroxylation is 2. The second-order valence-electron chi connectivity index (χ2n) is 5.56. The molecule has 0 unspecified atom stereocenters. The first-order valence-corrected chi connectivity index (χ1v) is 6.36. The van der Waals surface area contributed by atoms with Crippen LogP contribution in [0.3, 0.4) is 0 Å². The number of para-hydroxylation sites is 1. The van der Waals surface area contributed by atoms with E-state index >= 15 is 0 Å². The first kappa shape index (κ1) is 13.1. The third-order valence-electron chi connectivity index (χ3n) is 3.36. The van der Waals surface area contributed by atoms with Gasteiger partial charge in [-0.25, -0.2) is 0 Å². The maximum atomic E-state index is 9.70. The Bertz CT molecular complexity index is 510. The molecule has 1 aromatic carbocycles. The Balaban J connectivity index is 2.23. The number of aromatic nitrogens is 1. The summed E-state index contributed by atoms with van der Waals surface area (Å²) in [5.74, 6) is 0. The van der Waals surface area contributed by atoms with E-state index in [1.165, 1.54) is 22.2 Å². The summed E-state index contributed by atoms with van der Waals surface area (Å²) >= 11 is 0. The highest BCUT2D eigenvalue weighted by molar-refractivity contribution is 5.85. The Kier molecular flexibility index (Phi) is 3.46. The minimum Gasteiger partial charge on any atom is -0.389 e. The largest absolute Gasteiger partial charge is 0.389 e. The summed E-state index contributed by atoms with van der Waals surface area (Å²) in [6.07, 6.45) is 0. The van der Waals surface area contributed by atoms with Crippen molar-refractivity contribution in [2.75, 3.05) is 6.54 Å². The molecule has 0 aliphatic rings. The molecule has 2 rings (SSSR count). The maximum Gasteiger partial charge on any atom is 0.0715 e. The lowest BCUT2D eigenvalue weighted by molar-refractivity contribution is 0.0793. The first-order chi connectivity index (χ1) is 8.40. The Morgan fingerprint density at radius 2 is 1.94 bits per heavy atom. The zero-order chi connectivity index (χ0) is 13.3. The van der Waals surface area contributed by atoms with Crippen molar-refractivity contribution < 1.29 is 5.11 Å². The van der Waals surface area contributed by atoms with Crippen LogP contribution in [0.5, 0.6) is 0 Å². The van der Waals surface area contributed by atoms with E-state index in [0.29, 0.717) is 6.54 Å². The lowest BCUT2D eigenvalue weighted by atomic mass is 10.1. The van der Waals surface area contributed by atoms with Gasteiger partial charge in [-0.1, -0.05) is 18.2 Å². The molecule has 0 atom stereocenters. The maximum absolute atomic E-state index is 9.70. The predicted molar refractivity (Wildman–Crippen MR) is 75.7 cm³/mol. The van der Waals surface area contributed by atoms with Crippen molar-refractivity contribution in [3.8, 4) is 0 Å². The molecule has 0 saturated carbocycles. The second-order valence-corrected chi connectivity index (χ2v) is 5.56. The van der Waals surface area contributed by atoms with Gasteiger partial charge in [0.15, 0.2) is 0 Å². The van der Waals surface area contributed by atoms with Crippen LogP contribution >= 0.6 is 0 Å². The molecule has 0 fully saturated rings. The van der Waals surface area contributed by atoms with Crippen molar-refractivity contribution in [2.45, 2.75) is 32.9 Å². The minimum atomic E-state index is -0.668. The van der Waals surface area contributed by atoms with Crippen LogP contribution in [0.25, 0.3) is 10.9 Å². The molecule has 1 aromatic heterocycles. The third kappa shape index (κ3) is 2.57. The van der Waals surface area contributed by atoms with Crippen LogP contribution in [0.2, 0.25) is 0 Å². The van der Waals surface area contributed by atoms with E-state index in [1.807, 2.05) is 13.8 Å². The highest BCUT2D eigenvalue weighted by atomic mass is 16.3. The van der Waals surface area contributed by atoms with Gasteiger partial charge in [0.1, 0.15) is 0 Å². The summed E-state index contributed by atoms with van der Waals surface area (Å²) in [6, 6.07) is 8.44. The molecule has 0 bridgehead atoms. The monoisotopic (exact) mass is 246 g/mol. The van der Waals surface area contributed by atoms with E-state index in [1.54, 1.807) is 0 Å². The Hall–Kier alpha value is -1.32. The molecule has 2 aromatic rings. The van der Waals surface area contributed by atoms with Crippen molar-refractivity contribution in [3.05, 3.63) is 35.5 Å². The molecule has 98 valence electrons. The summed E-state index contributed by atoms with van der Waals surface area (Å²) in [5, 5.41) is 14.3. The lowest BCUT2D eigenvalue weighted by Crippen LogP contribution is -2.34. The van der Waals surface area contributed by atoms with Crippen LogP contribution in [-0.2, 0) is 13.6 Å². The molecule has 2 N–H and O–H groups in total. The Morgan fingerprint density at radius 1 is 1.28 bits per heavy atom. The highest BCUT2D eigenvalue weighted by Crippen LogP contribution is 2.24. The van der Waals surface area contributed by atoms with E-state index in [0.717, 1.165) is 6.54 Å². The van der Waals surface area contributed by atoms with Gasteiger partial charge in [0.2, 0.25) is 0 Å². The van der Waals surface area contributed by atoms with Gasteiger partial charge in [-0.3, -0.25) is 0 Å². The molecule has 0 saturated heterocycles. The van der Waals surface area contributed by atoms with E-state index in [9.17, 15) is 5.11 Å². The predicted octanol–water partition coefficient (Wildman–Crippen LogP) is 2.35. The van der Waals surface area contributed by atoms with Gasteiger partial charge >= 0.3 is 0 Å². The summed E-state index contributed by atoms with van der Waals surface area (Å²) in [6.45, 7) is 7.15. The normalized spacial score (nSPS) is 12.3. The van der Waals surface area contributed by atoms with Gasteiger partial charge in [0.25, 0.3) is 0 Å². The fourth-order valence-electron chi connectivity index (χ4n) is 2.37. The van der Waals surface area contributed by atoms with E-state index in [2.05, 4.69) is 48.1 Å². The lowest BCUT2D eigenvalue weighted by Gasteiger charge is -2.18. The van der Waals surface area contributed by atoms with E-state index < -0.39 is 5.60 Å². The van der Waals surface area contributed by atoms with Crippen LogP contribution < -0.4 is 5.32 Å². The quantitative estimate of drug-likeness (QED) is 0.869. The highest BCUT2D eigenvalue weighted by Gasteiger charge is 2.14. The average molecular weight is 246 g/mol. The van der Waals surface area contributed by atoms with Gasteiger partial charge in [-0.05, 0) is 32.4 Å². The standard InChI is InChI=1S/C15H22N2O/c1-11-12-7-5-6-8-13(12)17(4)14(11)9-16-10-15(2,3)18/h5-8,16,18H,9-10H2,1-4H3. The number of rotatable bonds is 4. The van der Waals surface area contributed by atoms with Gasteiger partial charge in [-0.2, -0.15) is 0 Å². The third-order valence-corrected chi connectivity index (χ3v) is 3.36. The molecule has 0 amide bonds. The molecule has 1 heterocycles. The first-order valence-electron chi connectivity index (χ1n) is 6.36. The number of hydrogen-bond acceptors (Lipinski definition) is 2. The number of fused-ring (bicyclic) bond motifs is 1. The van der Waals surface area contributed by atoms with Crippen molar-refractivity contribution in [1.82, 2.24) is 9.88 Å². The van der Waals surface area contributed by atoms with Crippen molar-refractivity contribution in [1.29, 1.82) is 0 Å². The van der Waals surface area contributed by atoms with Crippen molar-refractivity contribution in [2.24, 2.45) is 7.05 Å². The van der Waals surface area contributed by atoms with Crippen LogP contribution in [-0.4, -0.2) is 21.8 Å². The second kappa shape index (κ2) is 4.75. The number of nitrogens with one attached hydrogen (secondary N) is 1. The zero-order valence-electron chi connectivity index (χ0n) is 11.6. The number of aliphatic hydroxyl groups is 1. The minimum absolute atomic E-state index is 0.591. The molecule has 18 heavy (non-hydrogen) atoms. The number of nitrogens with zero attached hydrogens (tertiary/aromatic N) is 1. The molecule has 3 heteroatoms. The van der Waals surface area contributed by atoms with Crippen molar-refractivity contribution in [3.63, 3.8) is 0 Å². The number of benzene rings is 1. The number of hydrogen-bond donors (Lipinski definition) is 2. The van der Waals surface area contributed by atoms with E-state index in [4.69, 9.17) is 0 Å². The summed E-state index contributed by atoms with van der Waals surface area (Å²) in [7, 11) is 2.09. The smallest absolute Gasteiger partial charge is 0.0715 e. The molecule has 0 radical (unpaired) electrons. The molecule has 3 nitrogen and oxygen atoms in total. The van der Waals surface area contributed by atoms with Crippen LogP contribution in [0.4, 0.5) is 0 Å². The molecule has 0 aliphatic carbocycles. The van der Waals surface area contributed by atoms with Crippen molar-refractivity contribution >= 4 is 10.9 Å². The zero-order valence-corrected chi connectivity index (χ0v) is 11.6. The molecular weight excluding hydrogens is 224 g/mol. The van der Waals surface area contributed by atoms with Crippen LogP contribution in [0, 0.1) is 6.92 Å². The SMILES string of the molecule is Cc1c(CNCC(C)(C)O)n(C)c2ccccc12. The Morgan fingerprint density at radius 3 is 2.56 bits per heavy atom. The average Bonchev–Trinajstić information content (AvgIpc) is 2.53. The van der Waals surface area contributed by atoms with Gasteiger partial charge in [-0.15, -0.1) is 0 Å². The van der Waals surface area contributed by atoms with Gasteiger partial charge < -0.3 is 15.0 Å². The van der Waals surface area contributed by atoms with Gasteiger partial charge in [0.05, 0.1) is 5.60 Å². The summed E-state index contributed by atoms with van der Waals surface area (Å²) < 4.78 is 2.22. The molecule has 0 aliphatic heterocycles. The summed E-state index contributed by atoms with van der Waals surface area (Å²) in [5.41, 5.74) is 3.19. The fraction of sp³-hybridized carbons (Fsp3) is 0.467. The fourth-order valence-corrected chi connectivity index (χ4v) is 2.37. The molecule has 0 spiro atoms. The summed E-state index contributed by atoms with van der Waals surface area (Å²) in [4.78, 5) is 0. The van der Waals surface area contributed by atoms with E-state index in [-0.39, 0.29) is 0 Å². The molecular formula is C15H22N2O. The van der Waals surface area contributed by atoms with Gasteiger partial charge in [0, 0.05) is 36.7 Å².